The fourth-order valence-corrected chi connectivity index (χ4v) is 16.6. The van der Waals surface area contributed by atoms with Gasteiger partial charge in [0.15, 0.2) is 17.5 Å². The predicted molar refractivity (Wildman–Crippen MR) is 424 cm³/mol. The average molecular weight is 1510 g/mol. The van der Waals surface area contributed by atoms with Gasteiger partial charge in [0.25, 0.3) is 0 Å². The summed E-state index contributed by atoms with van der Waals surface area (Å²) in [4.78, 5) is 57.3. The minimum Gasteiger partial charge on any atom is -0.353 e. The first-order chi connectivity index (χ1) is 54.8. The molecule has 9 aliphatic rings. The van der Waals surface area contributed by atoms with Crippen molar-refractivity contribution in [2.24, 2.45) is 0 Å². The molecule has 9 saturated heterocycles. The monoisotopic (exact) mass is 1510 g/mol. The molecule has 3 aromatic carbocycles. The lowest BCUT2D eigenvalue weighted by Gasteiger charge is -2.56. The molecule has 13 aromatic rings. The van der Waals surface area contributed by atoms with E-state index in [4.69, 9.17) is 35.2 Å². The van der Waals surface area contributed by atoms with E-state index in [1.54, 1.807) is 18.3 Å². The number of halogens is 3. The molecule has 113 heavy (non-hydrogen) atoms. The number of aromatic nitrogens is 17. The lowest BCUT2D eigenvalue weighted by molar-refractivity contribution is -0.137. The van der Waals surface area contributed by atoms with Crippen LogP contribution in [-0.4, -0.2) is 175 Å². The molecular formula is C86H87F3N24. The van der Waals surface area contributed by atoms with E-state index in [1.165, 1.54) is 36.1 Å². The smallest absolute Gasteiger partial charge is 0.353 e. The Morgan fingerprint density at radius 2 is 0.761 bits per heavy atom. The maximum Gasteiger partial charge on any atom is 0.416 e. The lowest BCUT2D eigenvalue weighted by Crippen LogP contribution is -2.68. The van der Waals surface area contributed by atoms with Crippen LogP contribution in [0.4, 0.5) is 30.6 Å². The summed E-state index contributed by atoms with van der Waals surface area (Å²) in [6.07, 6.45) is 10.7. The van der Waals surface area contributed by atoms with Crippen molar-refractivity contribution in [3.05, 3.63) is 279 Å². The second-order valence-corrected chi connectivity index (χ2v) is 30.8. The number of aryl methyl sites for hydroxylation is 6. The number of nitrogens with one attached hydrogen (secondary N) is 3. The van der Waals surface area contributed by atoms with Crippen LogP contribution in [0, 0.1) is 52.9 Å². The highest BCUT2D eigenvalue weighted by atomic mass is 19.4. The van der Waals surface area contributed by atoms with E-state index in [2.05, 4.69) is 153 Å². The van der Waals surface area contributed by atoms with Crippen molar-refractivity contribution in [3.63, 3.8) is 0 Å². The van der Waals surface area contributed by atoms with Crippen molar-refractivity contribution in [1.29, 1.82) is 5.26 Å². The van der Waals surface area contributed by atoms with Gasteiger partial charge in [-0.15, -0.1) is 0 Å². The quantitative estimate of drug-likeness (QED) is 0.0679. The molecule has 0 aliphatic carbocycles. The fraction of sp³-hybridized carbons (Fsp3) is 0.326. The van der Waals surface area contributed by atoms with Gasteiger partial charge in [-0.2, -0.15) is 38.8 Å². The van der Waals surface area contributed by atoms with Crippen molar-refractivity contribution in [3.8, 4) is 45.9 Å². The van der Waals surface area contributed by atoms with Gasteiger partial charge in [0.1, 0.15) is 17.5 Å². The number of H-pyrrole nitrogens is 3. The van der Waals surface area contributed by atoms with Gasteiger partial charge in [-0.25, -0.2) is 49.5 Å². The topological polar surface area (TPSA) is 263 Å². The molecule has 0 spiro atoms. The number of alkyl halides is 3. The summed E-state index contributed by atoms with van der Waals surface area (Å²) in [7, 11) is 0. The van der Waals surface area contributed by atoms with Crippen LogP contribution in [0.5, 0.6) is 0 Å². The Balaban J connectivity index is 0.000000123. The second kappa shape index (κ2) is 31.5. The minimum atomic E-state index is -4.30. The number of hydrogen-bond donors (Lipinski definition) is 3. The van der Waals surface area contributed by atoms with Crippen LogP contribution in [0.1, 0.15) is 115 Å². The zero-order valence-corrected chi connectivity index (χ0v) is 63.9. The zero-order chi connectivity index (χ0) is 77.4. The standard InChI is InChI=1S/C30H31N9.C28H28F3N7.C28H28N8/c1-20-12-24(14-25-13-21(2)35-36-25)34-30(33-20)23-6-9-29(31-16-23)37-18-27-15-28(19-37)38(27)17-22-4-7-26(8-5-22)39-11-3-10-32-39;1-17-9-22(11-23-10-18(2)35-36-23)34-27(33-17)20-5-8-26(32-13-20)37-15-24-12-25(16-37)38(24)14-19-3-6-21(7-4-19)28(29,30)31;1-18-9-23(11-24-10-19(2)33-34-24)32-28(31-18)22-7-8-27(30-14-22)35-16-25-12-26(17-35)36(25)15-21-5-3-20(13-29)4-6-21/h3-13,16,27-28H,14-15,17-19H2,1-2H3,(H,35,36);3-10,13,24-25H,11-12,14-16H2,1-2H3,(H,35,36);3-10,14,25-26H,11-12,15-17H2,1-2H3,(H,33,34). The Hall–Kier alpha value is -12.3. The van der Waals surface area contributed by atoms with Crippen LogP contribution in [-0.2, 0) is 45.1 Å². The molecule has 6 bridgehead atoms. The molecule has 9 aliphatic heterocycles. The predicted octanol–water partition coefficient (Wildman–Crippen LogP) is 12.9. The number of nitriles is 1. The lowest BCUT2D eigenvalue weighted by atomic mass is 9.86. The first kappa shape index (κ1) is 73.5. The van der Waals surface area contributed by atoms with E-state index in [-0.39, 0.29) is 0 Å². The number of piperazine rings is 3. The molecular weight excluding hydrogens is 1430 g/mol. The number of benzene rings is 3. The van der Waals surface area contributed by atoms with Crippen molar-refractivity contribution in [1.82, 2.24) is 99.9 Å². The number of pyridine rings is 3. The third-order valence-corrected chi connectivity index (χ3v) is 22.3. The summed E-state index contributed by atoms with van der Waals surface area (Å²) < 4.78 is 40.5. The number of nitrogens with zero attached hydrogens (tertiary/aromatic N) is 21. The molecule has 27 heteroatoms. The normalized spacial score (nSPS) is 19.1. The summed E-state index contributed by atoms with van der Waals surface area (Å²) in [5.41, 5.74) is 19.0. The maximum atomic E-state index is 12.9. The molecule has 572 valence electrons. The van der Waals surface area contributed by atoms with Crippen molar-refractivity contribution < 1.29 is 13.2 Å². The molecule has 10 aromatic heterocycles. The van der Waals surface area contributed by atoms with Crippen molar-refractivity contribution >= 4 is 17.5 Å². The van der Waals surface area contributed by atoms with Crippen LogP contribution in [0.3, 0.4) is 0 Å². The van der Waals surface area contributed by atoms with E-state index in [0.717, 1.165) is 173 Å². The van der Waals surface area contributed by atoms with Gasteiger partial charge in [0, 0.05) is 196 Å². The largest absolute Gasteiger partial charge is 0.416 e. The summed E-state index contributed by atoms with van der Waals surface area (Å²) in [6.45, 7) is 20.2. The number of fused-ring (bicyclic) bond motifs is 6. The van der Waals surface area contributed by atoms with Crippen molar-refractivity contribution in [2.75, 3.05) is 54.0 Å². The molecule has 9 fully saturated rings. The molecule has 6 atom stereocenters. The Morgan fingerprint density at radius 1 is 0.416 bits per heavy atom. The molecule has 19 heterocycles. The minimum absolute atomic E-state index is 0.367. The van der Waals surface area contributed by atoms with Gasteiger partial charge in [0.2, 0.25) is 0 Å². The maximum absolute atomic E-state index is 12.9. The summed E-state index contributed by atoms with van der Waals surface area (Å²) in [5.74, 6) is 5.00. The van der Waals surface area contributed by atoms with E-state index >= 15 is 0 Å². The van der Waals surface area contributed by atoms with Crippen LogP contribution in [0.25, 0.3) is 39.9 Å². The zero-order valence-electron chi connectivity index (χ0n) is 63.9. The van der Waals surface area contributed by atoms with Gasteiger partial charge in [0.05, 0.1) is 57.0 Å². The van der Waals surface area contributed by atoms with Crippen LogP contribution < -0.4 is 14.7 Å². The summed E-state index contributed by atoms with van der Waals surface area (Å²) >= 11 is 0. The number of rotatable bonds is 19. The van der Waals surface area contributed by atoms with E-state index in [9.17, 15) is 13.2 Å². The molecule has 6 unspecified atom stereocenters. The third kappa shape index (κ3) is 16.9. The molecule has 24 nitrogen and oxygen atoms in total. The van der Waals surface area contributed by atoms with Crippen LogP contribution in [0.2, 0.25) is 0 Å². The van der Waals surface area contributed by atoms with Gasteiger partial charge in [-0.3, -0.25) is 30.0 Å². The van der Waals surface area contributed by atoms with Crippen LogP contribution in [0.15, 0.2) is 183 Å². The second-order valence-electron chi connectivity index (χ2n) is 30.8. The Bertz CT molecular complexity index is 5470. The fourth-order valence-electron chi connectivity index (χ4n) is 16.6. The van der Waals surface area contributed by atoms with Crippen LogP contribution >= 0.6 is 0 Å². The molecule has 3 N–H and O–H groups in total. The molecule has 0 amide bonds. The highest BCUT2D eigenvalue weighted by molar-refractivity contribution is 5.60. The van der Waals surface area contributed by atoms with E-state index in [1.807, 2.05) is 132 Å². The number of piperidine rings is 3. The van der Waals surface area contributed by atoms with E-state index in [0.29, 0.717) is 85.1 Å². The Kier molecular flexibility index (Phi) is 20.5. The van der Waals surface area contributed by atoms with Crippen molar-refractivity contribution in [2.45, 2.75) is 142 Å². The van der Waals surface area contributed by atoms with E-state index < -0.39 is 11.7 Å². The van der Waals surface area contributed by atoms with Gasteiger partial charge in [-0.05, 0) is 193 Å². The number of aromatic amines is 3. The van der Waals surface area contributed by atoms with Gasteiger partial charge in [-0.1, -0.05) is 36.4 Å². The molecule has 0 saturated carbocycles. The molecule has 22 rings (SSSR count). The summed E-state index contributed by atoms with van der Waals surface area (Å²) in [5, 5.41) is 35.3. The first-order valence-electron chi connectivity index (χ1n) is 38.5. The SMILES string of the molecule is Cc1cc(Cc2cc(C)[nH]n2)nc(-c2ccc(N3CC4CC(C3)N4Cc3ccc(-n4cccn4)cc3)nc2)n1.Cc1cc(Cc2cc(C)[nH]n2)nc(-c2ccc(N3CC4CC(C3)N4Cc3ccc(C#N)cc3)nc2)n1.Cc1cc(Cc2cc(C)[nH]n2)nc(-c2ccc(N3CC4CC(C3)N4Cc3ccc(C(F)(F)F)cc3)nc2)n1. The highest BCUT2D eigenvalue weighted by Gasteiger charge is 2.47. The number of hydrogen-bond acceptors (Lipinski definition) is 20. The number of anilines is 3. The highest BCUT2D eigenvalue weighted by Crippen LogP contribution is 2.40. The molecule has 0 radical (unpaired) electrons. The third-order valence-electron chi connectivity index (χ3n) is 22.3. The summed E-state index contributed by atoms with van der Waals surface area (Å²) in [6, 6.07) is 53.8. The average Bonchev–Trinajstić information content (AvgIpc) is 1.08. The van der Waals surface area contributed by atoms with Gasteiger partial charge < -0.3 is 14.7 Å². The Labute approximate surface area is 653 Å². The first-order valence-corrected chi connectivity index (χ1v) is 38.5. The van der Waals surface area contributed by atoms with Gasteiger partial charge >= 0.3 is 6.18 Å². The Morgan fingerprint density at radius 3 is 1.05 bits per heavy atom.